The molecule has 0 aliphatic heterocycles. The molecule has 0 aliphatic carbocycles. The van der Waals surface area contributed by atoms with Crippen molar-refractivity contribution in [1.82, 2.24) is 9.80 Å². The molecule has 1 aromatic carbocycles. The molecular formula is C13H19FN2O. The van der Waals surface area contributed by atoms with Gasteiger partial charge in [0, 0.05) is 13.1 Å². The average Bonchev–Trinajstić information content (AvgIpc) is 2.26. The highest BCUT2D eigenvalue weighted by Gasteiger charge is 2.12. The van der Waals surface area contributed by atoms with Gasteiger partial charge < -0.3 is 4.90 Å². The van der Waals surface area contributed by atoms with E-state index in [1.165, 1.54) is 12.1 Å². The summed E-state index contributed by atoms with van der Waals surface area (Å²) >= 11 is 0. The van der Waals surface area contributed by atoms with E-state index in [1.54, 1.807) is 12.1 Å². The van der Waals surface area contributed by atoms with Crippen LogP contribution in [0.15, 0.2) is 24.3 Å². The number of halogens is 1. The molecule has 1 aromatic rings. The van der Waals surface area contributed by atoms with E-state index in [0.29, 0.717) is 0 Å². The summed E-state index contributed by atoms with van der Waals surface area (Å²) in [7, 11) is 5.82. The Morgan fingerprint density at radius 1 is 1.18 bits per heavy atom. The van der Waals surface area contributed by atoms with Gasteiger partial charge in [0.15, 0.2) is 5.78 Å². The Hall–Kier alpha value is -1.26. The first-order valence-corrected chi connectivity index (χ1v) is 5.61. The first-order valence-electron chi connectivity index (χ1n) is 5.61. The van der Waals surface area contributed by atoms with Crippen LogP contribution in [0.3, 0.4) is 0 Å². The fourth-order valence-corrected chi connectivity index (χ4v) is 1.47. The molecule has 0 bridgehead atoms. The van der Waals surface area contributed by atoms with E-state index in [2.05, 4.69) is 0 Å². The number of rotatable bonds is 6. The van der Waals surface area contributed by atoms with Crippen molar-refractivity contribution in [3.05, 3.63) is 35.6 Å². The van der Waals surface area contributed by atoms with E-state index in [0.717, 1.165) is 13.1 Å². The zero-order valence-corrected chi connectivity index (χ0v) is 10.6. The Kier molecular flexibility index (Phi) is 5.25. The summed E-state index contributed by atoms with van der Waals surface area (Å²) in [5.74, 6) is -0.622. The lowest BCUT2D eigenvalue weighted by atomic mass is 10.1. The summed E-state index contributed by atoms with van der Waals surface area (Å²) in [6.07, 6.45) is 0. The molecule has 0 fully saturated rings. The van der Waals surface area contributed by atoms with E-state index in [9.17, 15) is 9.18 Å². The van der Waals surface area contributed by atoms with Crippen LogP contribution in [-0.4, -0.2) is 56.4 Å². The number of nitrogens with zero attached hydrogens (tertiary/aromatic N) is 2. The molecule has 0 spiro atoms. The molecular weight excluding hydrogens is 219 g/mol. The molecule has 0 radical (unpaired) electrons. The molecule has 0 saturated heterocycles. The van der Waals surface area contributed by atoms with E-state index in [-0.39, 0.29) is 17.9 Å². The third-order valence-electron chi connectivity index (χ3n) is 2.52. The largest absolute Gasteiger partial charge is 0.308 e. The van der Waals surface area contributed by atoms with Gasteiger partial charge in [0.05, 0.1) is 12.1 Å². The maximum Gasteiger partial charge on any atom is 0.179 e. The summed E-state index contributed by atoms with van der Waals surface area (Å²) < 4.78 is 13.4. The number of carbonyl (C=O) groups excluding carboxylic acids is 1. The second-order valence-electron chi connectivity index (χ2n) is 4.44. The summed E-state index contributed by atoms with van der Waals surface area (Å²) in [4.78, 5) is 15.8. The van der Waals surface area contributed by atoms with Crippen LogP contribution in [0, 0.1) is 5.82 Å². The van der Waals surface area contributed by atoms with Crippen LogP contribution < -0.4 is 0 Å². The summed E-state index contributed by atoms with van der Waals surface area (Å²) in [5.41, 5.74) is 0.171. The highest BCUT2D eigenvalue weighted by atomic mass is 19.1. The molecule has 0 unspecified atom stereocenters. The van der Waals surface area contributed by atoms with Crippen LogP contribution in [0.5, 0.6) is 0 Å². The van der Waals surface area contributed by atoms with Crippen molar-refractivity contribution in [2.24, 2.45) is 0 Å². The standard InChI is InChI=1S/C13H19FN2O/c1-15(2)8-9-16(3)10-13(17)11-6-4-5-7-12(11)14/h4-7H,8-10H2,1-3H3. The second-order valence-corrected chi connectivity index (χ2v) is 4.44. The Bertz CT molecular complexity index is 379. The van der Waals surface area contributed by atoms with Crippen molar-refractivity contribution in [2.45, 2.75) is 0 Å². The normalized spacial score (nSPS) is 11.2. The van der Waals surface area contributed by atoms with Crippen LogP contribution >= 0.6 is 0 Å². The Morgan fingerprint density at radius 3 is 2.41 bits per heavy atom. The topological polar surface area (TPSA) is 23.6 Å². The lowest BCUT2D eigenvalue weighted by Crippen LogP contribution is -2.32. The van der Waals surface area contributed by atoms with Crippen molar-refractivity contribution in [3.63, 3.8) is 0 Å². The molecule has 0 atom stereocenters. The van der Waals surface area contributed by atoms with Crippen LogP contribution in [0.4, 0.5) is 4.39 Å². The smallest absolute Gasteiger partial charge is 0.179 e. The predicted molar refractivity (Wildman–Crippen MR) is 66.8 cm³/mol. The minimum absolute atomic E-state index is 0.171. The number of ketones is 1. The Morgan fingerprint density at radius 2 is 1.82 bits per heavy atom. The quantitative estimate of drug-likeness (QED) is 0.702. The molecule has 0 aliphatic rings. The minimum atomic E-state index is -0.446. The summed E-state index contributed by atoms with van der Waals surface area (Å²) in [6.45, 7) is 1.91. The monoisotopic (exact) mass is 238 g/mol. The Balaban J connectivity index is 2.52. The molecule has 1 rings (SSSR count). The van der Waals surface area contributed by atoms with Gasteiger partial charge in [0.25, 0.3) is 0 Å². The average molecular weight is 238 g/mol. The van der Waals surface area contributed by atoms with Gasteiger partial charge in [-0.15, -0.1) is 0 Å². The van der Waals surface area contributed by atoms with E-state index >= 15 is 0 Å². The lowest BCUT2D eigenvalue weighted by Gasteiger charge is -2.18. The first kappa shape index (κ1) is 13.8. The van der Waals surface area contributed by atoms with Gasteiger partial charge >= 0.3 is 0 Å². The van der Waals surface area contributed by atoms with Crippen molar-refractivity contribution in [1.29, 1.82) is 0 Å². The SMILES string of the molecule is CN(C)CCN(C)CC(=O)c1ccccc1F. The second kappa shape index (κ2) is 6.47. The zero-order valence-electron chi connectivity index (χ0n) is 10.6. The molecule has 0 N–H and O–H groups in total. The fourth-order valence-electron chi connectivity index (χ4n) is 1.47. The van der Waals surface area contributed by atoms with Gasteiger partial charge in [0.1, 0.15) is 5.82 Å². The van der Waals surface area contributed by atoms with Crippen molar-refractivity contribution in [2.75, 3.05) is 40.8 Å². The molecule has 4 heteroatoms. The van der Waals surface area contributed by atoms with Gasteiger partial charge in [-0.3, -0.25) is 9.69 Å². The molecule has 0 amide bonds. The van der Waals surface area contributed by atoms with E-state index < -0.39 is 5.82 Å². The van der Waals surface area contributed by atoms with Crippen LogP contribution in [0.2, 0.25) is 0 Å². The van der Waals surface area contributed by atoms with Crippen molar-refractivity contribution in [3.8, 4) is 0 Å². The van der Waals surface area contributed by atoms with Crippen LogP contribution in [0.25, 0.3) is 0 Å². The molecule has 94 valence electrons. The van der Waals surface area contributed by atoms with Gasteiger partial charge in [-0.2, -0.15) is 0 Å². The lowest BCUT2D eigenvalue weighted by molar-refractivity contribution is 0.0938. The summed E-state index contributed by atoms with van der Waals surface area (Å²) in [5, 5.41) is 0. The van der Waals surface area contributed by atoms with Crippen LogP contribution in [-0.2, 0) is 0 Å². The van der Waals surface area contributed by atoms with E-state index in [4.69, 9.17) is 0 Å². The highest BCUT2D eigenvalue weighted by Crippen LogP contribution is 2.07. The molecule has 3 nitrogen and oxygen atoms in total. The number of hydrogen-bond donors (Lipinski definition) is 0. The molecule has 0 heterocycles. The molecule has 0 aromatic heterocycles. The fraction of sp³-hybridized carbons (Fsp3) is 0.462. The maximum atomic E-state index is 13.4. The number of hydrogen-bond acceptors (Lipinski definition) is 3. The van der Waals surface area contributed by atoms with Gasteiger partial charge in [-0.05, 0) is 33.3 Å². The number of likely N-dealkylation sites (N-methyl/N-ethyl adjacent to an activating group) is 2. The third kappa shape index (κ3) is 4.63. The van der Waals surface area contributed by atoms with Gasteiger partial charge in [-0.25, -0.2) is 4.39 Å². The zero-order chi connectivity index (χ0) is 12.8. The van der Waals surface area contributed by atoms with E-state index in [1.807, 2.05) is 30.9 Å². The van der Waals surface area contributed by atoms with Crippen LogP contribution in [0.1, 0.15) is 10.4 Å². The van der Waals surface area contributed by atoms with Crippen molar-refractivity contribution < 1.29 is 9.18 Å². The molecule has 0 saturated carbocycles. The third-order valence-corrected chi connectivity index (χ3v) is 2.52. The number of carbonyl (C=O) groups is 1. The molecule has 17 heavy (non-hydrogen) atoms. The number of benzene rings is 1. The predicted octanol–water partition coefficient (Wildman–Crippen LogP) is 1.50. The Labute approximate surface area is 102 Å². The highest BCUT2D eigenvalue weighted by molar-refractivity contribution is 5.97. The van der Waals surface area contributed by atoms with Gasteiger partial charge in [0.2, 0.25) is 0 Å². The number of Topliss-reactive ketones (excluding diaryl/α,β-unsaturated/α-hetero) is 1. The van der Waals surface area contributed by atoms with Gasteiger partial charge in [-0.1, -0.05) is 12.1 Å². The minimum Gasteiger partial charge on any atom is -0.308 e. The maximum absolute atomic E-state index is 13.4. The first-order chi connectivity index (χ1) is 8.00. The summed E-state index contributed by atoms with van der Waals surface area (Å²) in [6, 6.07) is 6.10. The van der Waals surface area contributed by atoms with Crippen molar-refractivity contribution >= 4 is 5.78 Å².